The fourth-order valence-corrected chi connectivity index (χ4v) is 7.71. The normalized spacial score (nSPS) is 21.3. The minimum absolute atomic E-state index is 0.0923. The lowest BCUT2D eigenvalue weighted by molar-refractivity contribution is -0.0690. The lowest BCUT2D eigenvalue weighted by Crippen LogP contribution is -2.41. The van der Waals surface area contributed by atoms with Crippen LogP contribution in [0.15, 0.2) is 42.7 Å². The highest BCUT2D eigenvalue weighted by atomic mass is 31.2. The number of nitrogens with two attached hydrogens (primary N) is 1. The molecule has 1 unspecified atom stereocenters. The van der Waals surface area contributed by atoms with Crippen molar-refractivity contribution >= 4 is 19.2 Å². The third-order valence-corrected chi connectivity index (χ3v) is 11.3. The van der Waals surface area contributed by atoms with E-state index >= 15 is 0 Å². The van der Waals surface area contributed by atoms with Gasteiger partial charge in [0, 0.05) is 6.61 Å². The highest BCUT2D eigenvalue weighted by Crippen LogP contribution is 2.46. The number of unbranched alkanes of at least 4 members (excludes halogenated alkanes) is 15. The first-order valence-corrected chi connectivity index (χ1v) is 22.0. The maximum atomic E-state index is 13.0. The summed E-state index contributed by atoms with van der Waals surface area (Å²) in [4.78, 5) is 14.5. The smallest absolute Gasteiger partial charge is 0.387 e. The summed E-state index contributed by atoms with van der Waals surface area (Å²) in [5, 5.41) is 36.0. The van der Waals surface area contributed by atoms with Gasteiger partial charge in [0.05, 0.1) is 32.1 Å². The molecule has 0 amide bonds. The van der Waals surface area contributed by atoms with Gasteiger partial charge in [0.25, 0.3) is 0 Å². The second-order valence-electron chi connectivity index (χ2n) is 15.0. The molecule has 1 aromatic carbocycles. The maximum absolute atomic E-state index is 13.0. The van der Waals surface area contributed by atoms with Crippen molar-refractivity contribution in [3.05, 3.63) is 59.5 Å². The maximum Gasteiger partial charge on any atom is 0.472 e. The Bertz CT molecular complexity index is 1650. The summed E-state index contributed by atoms with van der Waals surface area (Å²) in [6, 6.07) is 12.8. The van der Waals surface area contributed by atoms with E-state index in [1.165, 1.54) is 107 Å². The van der Waals surface area contributed by atoms with Crippen LogP contribution in [0.1, 0.15) is 126 Å². The van der Waals surface area contributed by atoms with Gasteiger partial charge in [-0.2, -0.15) is 10.4 Å². The number of ether oxygens (including phenoxy) is 3. The Hall–Kier alpha value is -2.96. The number of rotatable bonds is 29. The highest BCUT2D eigenvalue weighted by Gasteiger charge is 2.58. The van der Waals surface area contributed by atoms with Crippen LogP contribution >= 0.6 is 7.82 Å². The average molecular weight is 802 g/mol. The van der Waals surface area contributed by atoms with E-state index in [2.05, 4.69) is 17.0 Å². The Kier molecular flexibility index (Phi) is 19.7. The standard InChI is InChI=1S/C41H64N5O9P/c1-3-4-5-6-7-8-9-10-11-12-13-14-15-16-17-18-25-51-27-34(52-26-33-21-19-32(2)20-22-33)28-53-56(49,50)54-29-36-38(47)39(48)41(30-42,55-36)37-24-23-35-40(43)44-31-45-46(35)37/h19-24,31,34,36,38-39,47-48H,3-18,25-29H2,1-2H3,(H,49,50)(H2,43,44,45)/t34-,36-,38-,39-,41+/m1/s1. The Morgan fingerprint density at radius 2 is 1.52 bits per heavy atom. The zero-order valence-corrected chi connectivity index (χ0v) is 34.2. The molecule has 1 fully saturated rings. The number of hydrogen-bond acceptors (Lipinski definition) is 12. The van der Waals surface area contributed by atoms with E-state index in [1.54, 1.807) is 6.07 Å². The lowest BCUT2D eigenvalue weighted by Gasteiger charge is -2.24. The van der Waals surface area contributed by atoms with Crippen LogP contribution in [-0.4, -0.2) is 80.5 Å². The Morgan fingerprint density at radius 1 is 0.911 bits per heavy atom. The van der Waals surface area contributed by atoms with Crippen LogP contribution < -0.4 is 5.73 Å². The molecule has 0 spiro atoms. The molecule has 0 aliphatic carbocycles. The summed E-state index contributed by atoms with van der Waals surface area (Å²) in [5.41, 5.74) is 6.33. The number of anilines is 1. The number of nitrogen functional groups attached to an aromatic ring is 1. The van der Waals surface area contributed by atoms with Crippen LogP contribution in [-0.2, 0) is 40.0 Å². The minimum Gasteiger partial charge on any atom is -0.387 e. The Balaban J connectivity index is 1.17. The predicted molar refractivity (Wildman–Crippen MR) is 213 cm³/mol. The highest BCUT2D eigenvalue weighted by molar-refractivity contribution is 7.47. The first-order chi connectivity index (χ1) is 27.1. The van der Waals surface area contributed by atoms with Gasteiger partial charge < -0.3 is 35.1 Å². The van der Waals surface area contributed by atoms with Gasteiger partial charge in [-0.25, -0.2) is 14.1 Å². The molecule has 6 atom stereocenters. The fraction of sp³-hybridized carbons (Fsp3) is 0.683. The van der Waals surface area contributed by atoms with Gasteiger partial charge in [-0.1, -0.05) is 133 Å². The average Bonchev–Trinajstić information content (AvgIpc) is 3.74. The van der Waals surface area contributed by atoms with Crippen LogP contribution in [0.2, 0.25) is 0 Å². The number of benzene rings is 1. The summed E-state index contributed by atoms with van der Waals surface area (Å²) < 4.78 is 42.6. The quantitative estimate of drug-likeness (QED) is 0.0398. The first kappa shape index (κ1) is 45.7. The van der Waals surface area contributed by atoms with E-state index in [-0.39, 0.29) is 31.3 Å². The molecule has 3 aromatic rings. The van der Waals surface area contributed by atoms with Crippen LogP contribution in [0.25, 0.3) is 5.52 Å². The summed E-state index contributed by atoms with van der Waals surface area (Å²) >= 11 is 0. The summed E-state index contributed by atoms with van der Waals surface area (Å²) in [5.74, 6) is 0.136. The molecule has 14 nitrogen and oxygen atoms in total. The van der Waals surface area contributed by atoms with E-state index in [4.69, 9.17) is 29.0 Å². The van der Waals surface area contributed by atoms with E-state index < -0.39 is 44.4 Å². The number of phosphoric ester groups is 1. The van der Waals surface area contributed by atoms with Crippen LogP contribution in [0.3, 0.4) is 0 Å². The Morgan fingerprint density at radius 3 is 2.12 bits per heavy atom. The van der Waals surface area contributed by atoms with Gasteiger partial charge in [-0.3, -0.25) is 9.05 Å². The van der Waals surface area contributed by atoms with Crippen LogP contribution in [0.4, 0.5) is 5.82 Å². The first-order valence-electron chi connectivity index (χ1n) is 20.5. The number of aryl methyl sites for hydroxylation is 1. The number of aliphatic hydroxyl groups excluding tert-OH is 2. The van der Waals surface area contributed by atoms with Gasteiger partial charge in [0.15, 0.2) is 5.82 Å². The third-order valence-electron chi connectivity index (χ3n) is 10.4. The molecule has 1 aliphatic rings. The van der Waals surface area contributed by atoms with Crippen molar-refractivity contribution < 1.29 is 42.9 Å². The molecule has 5 N–H and O–H groups in total. The van der Waals surface area contributed by atoms with E-state index in [9.17, 15) is 24.9 Å². The lowest BCUT2D eigenvalue weighted by atomic mass is 9.92. The summed E-state index contributed by atoms with van der Waals surface area (Å²) in [7, 11) is -4.72. The molecule has 3 heterocycles. The van der Waals surface area contributed by atoms with Crippen molar-refractivity contribution in [3.63, 3.8) is 0 Å². The molecule has 1 aliphatic heterocycles. The molecule has 312 valence electrons. The predicted octanol–water partition coefficient (Wildman–Crippen LogP) is 7.46. The van der Waals surface area contributed by atoms with Gasteiger partial charge in [0.1, 0.15) is 42.3 Å². The number of nitrogens with zero attached hydrogens (tertiary/aromatic N) is 4. The monoisotopic (exact) mass is 801 g/mol. The fourth-order valence-electron chi connectivity index (χ4n) is 6.94. The van der Waals surface area contributed by atoms with Crippen LogP contribution in [0.5, 0.6) is 0 Å². The van der Waals surface area contributed by atoms with Gasteiger partial charge >= 0.3 is 7.82 Å². The zero-order chi connectivity index (χ0) is 40.2. The topological polar surface area (TPSA) is 204 Å². The summed E-state index contributed by atoms with van der Waals surface area (Å²) in [6.07, 6.45) is 16.4. The molecular formula is C41H64N5O9P. The van der Waals surface area contributed by atoms with Crippen molar-refractivity contribution in [2.24, 2.45) is 0 Å². The van der Waals surface area contributed by atoms with Crippen molar-refractivity contribution in [2.45, 2.75) is 153 Å². The summed E-state index contributed by atoms with van der Waals surface area (Å²) in [6.45, 7) is 4.20. The van der Waals surface area contributed by atoms with Crippen LogP contribution in [0, 0.1) is 18.3 Å². The van der Waals surface area contributed by atoms with E-state index in [0.29, 0.717) is 12.1 Å². The number of hydrogen-bond donors (Lipinski definition) is 4. The van der Waals surface area contributed by atoms with Gasteiger partial charge in [-0.05, 0) is 31.0 Å². The molecule has 0 saturated carbocycles. The van der Waals surface area contributed by atoms with Crippen molar-refractivity contribution in [1.82, 2.24) is 14.6 Å². The number of aliphatic hydroxyl groups is 2. The van der Waals surface area contributed by atoms with Gasteiger partial charge in [0.2, 0.25) is 5.60 Å². The van der Waals surface area contributed by atoms with E-state index in [1.807, 2.05) is 37.3 Å². The number of phosphoric acid groups is 1. The number of aromatic nitrogens is 3. The Labute approximate surface area is 332 Å². The number of nitriles is 1. The molecule has 2 aromatic heterocycles. The van der Waals surface area contributed by atoms with Crippen molar-refractivity contribution in [3.8, 4) is 6.07 Å². The van der Waals surface area contributed by atoms with Crippen molar-refractivity contribution in [1.29, 1.82) is 5.26 Å². The second kappa shape index (κ2) is 24.1. The molecule has 0 radical (unpaired) electrons. The van der Waals surface area contributed by atoms with E-state index in [0.717, 1.165) is 24.0 Å². The minimum atomic E-state index is -4.72. The molecule has 4 rings (SSSR count). The second-order valence-corrected chi connectivity index (χ2v) is 16.4. The molecule has 56 heavy (non-hydrogen) atoms. The molecular weight excluding hydrogens is 737 g/mol. The third kappa shape index (κ3) is 14.1. The van der Waals surface area contributed by atoms with Crippen molar-refractivity contribution in [2.75, 3.05) is 32.2 Å². The zero-order valence-electron chi connectivity index (χ0n) is 33.3. The number of fused-ring (bicyclic) bond motifs is 1. The molecule has 1 saturated heterocycles. The van der Waals surface area contributed by atoms with Gasteiger partial charge in [-0.15, -0.1) is 0 Å². The largest absolute Gasteiger partial charge is 0.472 e. The SMILES string of the molecule is CCCCCCCCCCCCCCCCCCOC[C@H](COP(=O)(O)OC[C@H]1O[C@@](C#N)(c2ccc3c(N)ncnn23)[C@H](O)[C@@H]1O)OCc1ccc(C)cc1. The molecule has 0 bridgehead atoms. The molecule has 15 heteroatoms.